The van der Waals surface area contributed by atoms with Gasteiger partial charge in [0.1, 0.15) is 0 Å². The van der Waals surface area contributed by atoms with Crippen molar-refractivity contribution in [2.75, 3.05) is 36.4 Å². The van der Waals surface area contributed by atoms with Crippen LogP contribution in [0.25, 0.3) is 5.82 Å². The van der Waals surface area contributed by atoms with Gasteiger partial charge in [0.25, 0.3) is 0 Å². The van der Waals surface area contributed by atoms with Gasteiger partial charge in [0.05, 0.1) is 16.3 Å². The van der Waals surface area contributed by atoms with Crippen molar-refractivity contribution in [3.8, 4) is 5.82 Å². The lowest BCUT2D eigenvalue weighted by Gasteiger charge is -2.35. The van der Waals surface area contributed by atoms with Crippen LogP contribution in [0.5, 0.6) is 0 Å². The third kappa shape index (κ3) is 4.71. The molecular weight excluding hydrogens is 435 g/mol. The van der Waals surface area contributed by atoms with E-state index in [1.54, 1.807) is 29.2 Å². The lowest BCUT2D eigenvalue weighted by atomic mass is 10.2. The number of nitrogens with zero attached hydrogens (tertiary/aromatic N) is 6. The fourth-order valence-electron chi connectivity index (χ4n) is 3.14. The maximum absolute atomic E-state index is 12.9. The summed E-state index contributed by atoms with van der Waals surface area (Å²) in [5, 5.41) is 15.0. The second kappa shape index (κ2) is 8.42. The monoisotopic (exact) mass is 451 g/mol. The predicted octanol–water partition coefficient (Wildman–Crippen LogP) is 3.69. The number of hydrogen-bond donors (Lipinski definition) is 1. The second-order valence-corrected chi connectivity index (χ2v) is 7.20. The van der Waals surface area contributed by atoms with Gasteiger partial charge in [-0.05, 0) is 36.4 Å². The Kier molecular flexibility index (Phi) is 5.68. The first kappa shape index (κ1) is 20.9. The van der Waals surface area contributed by atoms with E-state index >= 15 is 0 Å². The molecule has 12 heteroatoms. The number of amides is 2. The van der Waals surface area contributed by atoms with Gasteiger partial charge < -0.3 is 15.1 Å². The molecule has 1 aromatic carbocycles. The molecule has 3 heterocycles. The van der Waals surface area contributed by atoms with Gasteiger partial charge in [-0.25, -0.2) is 9.48 Å². The summed E-state index contributed by atoms with van der Waals surface area (Å²) in [5.74, 6) is 1.25. The van der Waals surface area contributed by atoms with Crippen molar-refractivity contribution in [1.29, 1.82) is 0 Å². The molecule has 0 radical (unpaired) electrons. The molecule has 2 amide bonds. The van der Waals surface area contributed by atoms with Crippen LogP contribution in [-0.4, -0.2) is 57.1 Å². The summed E-state index contributed by atoms with van der Waals surface area (Å²) >= 11 is 5.95. The minimum atomic E-state index is -4.52. The van der Waals surface area contributed by atoms with Crippen LogP contribution >= 0.6 is 11.6 Å². The van der Waals surface area contributed by atoms with E-state index in [1.807, 2.05) is 11.0 Å². The summed E-state index contributed by atoms with van der Waals surface area (Å²) in [6, 6.07) is 7.70. The number of alkyl halides is 3. The van der Waals surface area contributed by atoms with E-state index in [1.165, 1.54) is 4.90 Å². The highest BCUT2D eigenvalue weighted by Gasteiger charge is 2.31. The van der Waals surface area contributed by atoms with Gasteiger partial charge in [0.15, 0.2) is 11.6 Å². The van der Waals surface area contributed by atoms with Crippen LogP contribution in [0.15, 0.2) is 48.8 Å². The van der Waals surface area contributed by atoms with Crippen LogP contribution in [0.2, 0.25) is 5.02 Å². The molecule has 31 heavy (non-hydrogen) atoms. The van der Waals surface area contributed by atoms with Crippen molar-refractivity contribution in [3.05, 3.63) is 59.4 Å². The van der Waals surface area contributed by atoms with Gasteiger partial charge in [-0.15, -0.1) is 10.2 Å². The Morgan fingerprint density at radius 3 is 2.35 bits per heavy atom. The first-order valence-electron chi connectivity index (χ1n) is 9.32. The topological polar surface area (TPSA) is 79.2 Å². The largest absolute Gasteiger partial charge is 0.416 e. The zero-order chi connectivity index (χ0) is 22.0. The Labute approximate surface area is 180 Å². The number of piperazine rings is 1. The molecule has 0 atom stereocenters. The van der Waals surface area contributed by atoms with E-state index in [0.29, 0.717) is 37.8 Å². The standard InChI is InChI=1S/C19H17ClF3N7O/c20-14-3-2-13(19(21,22)23)12-15(14)25-18(31)29-10-8-28(9-11-29)16-4-5-17(27-26-16)30-7-1-6-24-30/h1-7,12H,8-11H2,(H,25,31). The number of benzene rings is 1. The minimum absolute atomic E-state index is 0.0348. The Morgan fingerprint density at radius 1 is 1.03 bits per heavy atom. The van der Waals surface area contributed by atoms with Gasteiger partial charge >= 0.3 is 12.2 Å². The number of rotatable bonds is 3. The van der Waals surface area contributed by atoms with Crippen molar-refractivity contribution in [2.45, 2.75) is 6.18 Å². The second-order valence-electron chi connectivity index (χ2n) is 6.80. The summed E-state index contributed by atoms with van der Waals surface area (Å²) in [4.78, 5) is 16.0. The van der Waals surface area contributed by atoms with Crippen molar-refractivity contribution < 1.29 is 18.0 Å². The van der Waals surface area contributed by atoms with Gasteiger partial charge in [-0.3, -0.25) is 0 Å². The van der Waals surface area contributed by atoms with Gasteiger partial charge in [0.2, 0.25) is 0 Å². The van der Waals surface area contributed by atoms with Crippen molar-refractivity contribution >= 4 is 29.1 Å². The summed E-state index contributed by atoms with van der Waals surface area (Å²) in [5.41, 5.74) is -0.960. The highest BCUT2D eigenvalue weighted by Crippen LogP contribution is 2.34. The number of hydrogen-bond acceptors (Lipinski definition) is 5. The first-order valence-corrected chi connectivity index (χ1v) is 9.70. The Bertz CT molecular complexity index is 1050. The van der Waals surface area contributed by atoms with Crippen LogP contribution in [0.4, 0.5) is 29.5 Å². The molecule has 1 saturated heterocycles. The molecule has 2 aromatic heterocycles. The van der Waals surface area contributed by atoms with Crippen LogP contribution in [0, 0.1) is 0 Å². The fraction of sp³-hybridized carbons (Fsp3) is 0.263. The number of aromatic nitrogens is 4. The van der Waals surface area contributed by atoms with Gasteiger partial charge in [0, 0.05) is 38.6 Å². The molecule has 1 N–H and O–H groups in total. The summed E-state index contributed by atoms with van der Waals surface area (Å²) in [7, 11) is 0. The van der Waals surface area contributed by atoms with Gasteiger partial charge in [-0.2, -0.15) is 18.3 Å². The molecule has 0 unspecified atom stereocenters. The molecule has 1 fully saturated rings. The molecule has 3 aromatic rings. The smallest absolute Gasteiger partial charge is 0.352 e. The summed E-state index contributed by atoms with van der Waals surface area (Å²) in [6.07, 6.45) is -1.12. The summed E-state index contributed by atoms with van der Waals surface area (Å²) < 4.78 is 40.3. The molecule has 0 aliphatic carbocycles. The summed E-state index contributed by atoms with van der Waals surface area (Å²) in [6.45, 7) is 1.73. The zero-order valence-corrected chi connectivity index (χ0v) is 16.8. The highest BCUT2D eigenvalue weighted by molar-refractivity contribution is 6.33. The molecule has 162 valence electrons. The molecule has 1 aliphatic rings. The van der Waals surface area contributed by atoms with E-state index in [9.17, 15) is 18.0 Å². The SMILES string of the molecule is O=C(Nc1cc(C(F)(F)F)ccc1Cl)N1CCN(c2ccc(-n3cccn3)nn2)CC1. The number of halogens is 4. The highest BCUT2D eigenvalue weighted by atomic mass is 35.5. The van der Waals surface area contributed by atoms with E-state index in [0.717, 1.165) is 18.2 Å². The Balaban J connectivity index is 1.36. The Morgan fingerprint density at radius 2 is 1.74 bits per heavy atom. The lowest BCUT2D eigenvalue weighted by molar-refractivity contribution is -0.137. The number of nitrogens with one attached hydrogen (secondary N) is 1. The normalized spacial score (nSPS) is 14.6. The fourth-order valence-corrected chi connectivity index (χ4v) is 3.31. The lowest BCUT2D eigenvalue weighted by Crippen LogP contribution is -2.50. The first-order chi connectivity index (χ1) is 14.8. The number of anilines is 2. The van der Waals surface area contributed by atoms with Crippen LogP contribution < -0.4 is 10.2 Å². The quantitative estimate of drug-likeness (QED) is 0.657. The van der Waals surface area contributed by atoms with E-state index in [4.69, 9.17) is 11.6 Å². The average Bonchev–Trinajstić information content (AvgIpc) is 3.30. The van der Waals surface area contributed by atoms with Crippen molar-refractivity contribution in [1.82, 2.24) is 24.9 Å². The van der Waals surface area contributed by atoms with Crippen LogP contribution in [0.3, 0.4) is 0 Å². The molecule has 0 saturated carbocycles. The van der Waals surface area contributed by atoms with Gasteiger partial charge in [-0.1, -0.05) is 11.6 Å². The molecule has 8 nitrogen and oxygen atoms in total. The van der Waals surface area contributed by atoms with Crippen molar-refractivity contribution in [3.63, 3.8) is 0 Å². The molecule has 4 rings (SSSR count). The maximum atomic E-state index is 12.9. The third-order valence-corrected chi connectivity index (χ3v) is 5.13. The zero-order valence-electron chi connectivity index (χ0n) is 16.1. The van der Waals surface area contributed by atoms with Crippen molar-refractivity contribution in [2.24, 2.45) is 0 Å². The maximum Gasteiger partial charge on any atom is 0.416 e. The average molecular weight is 452 g/mol. The Hall–Kier alpha value is -3.34. The molecule has 0 spiro atoms. The predicted molar refractivity (Wildman–Crippen MR) is 108 cm³/mol. The van der Waals surface area contributed by atoms with Crippen LogP contribution in [-0.2, 0) is 6.18 Å². The van der Waals surface area contributed by atoms with E-state index in [2.05, 4.69) is 20.6 Å². The number of carbonyl (C=O) groups excluding carboxylic acids is 1. The molecule has 1 aliphatic heterocycles. The minimum Gasteiger partial charge on any atom is -0.352 e. The number of urea groups is 1. The number of carbonyl (C=O) groups is 1. The van der Waals surface area contributed by atoms with E-state index in [-0.39, 0.29) is 10.7 Å². The van der Waals surface area contributed by atoms with Crippen LogP contribution in [0.1, 0.15) is 5.56 Å². The molecule has 0 bridgehead atoms. The third-order valence-electron chi connectivity index (χ3n) is 4.80. The molecular formula is C19H17ClF3N7O. The van der Waals surface area contributed by atoms with E-state index < -0.39 is 17.8 Å².